The molecule has 4 nitrogen and oxygen atoms in total. The standard InChI is InChI=1S/C12H14BrFN4/c1-17-3-2-7(6-17)18-11-4-8(13)9(14)5-10(11)16-12(18)15/h4-5,7H,2-3,6H2,1H3,(H2,15,16). The maximum atomic E-state index is 13.5. The van der Waals surface area contributed by atoms with Gasteiger partial charge >= 0.3 is 0 Å². The van der Waals surface area contributed by atoms with Gasteiger partial charge in [0.1, 0.15) is 5.82 Å². The molecule has 3 rings (SSSR count). The number of rotatable bonds is 1. The molecule has 0 amide bonds. The van der Waals surface area contributed by atoms with E-state index in [1.807, 2.05) is 4.57 Å². The number of hydrogen-bond donors (Lipinski definition) is 1. The van der Waals surface area contributed by atoms with Crippen LogP contribution in [0.2, 0.25) is 0 Å². The number of anilines is 1. The quantitative estimate of drug-likeness (QED) is 0.879. The largest absolute Gasteiger partial charge is 0.369 e. The predicted molar refractivity (Wildman–Crippen MR) is 73.0 cm³/mol. The van der Waals surface area contributed by atoms with Gasteiger partial charge in [-0.2, -0.15) is 0 Å². The van der Waals surface area contributed by atoms with Gasteiger partial charge in [0.2, 0.25) is 5.95 Å². The van der Waals surface area contributed by atoms with Crippen molar-refractivity contribution in [3.8, 4) is 0 Å². The third-order valence-electron chi connectivity index (χ3n) is 3.49. The van der Waals surface area contributed by atoms with Crippen LogP contribution in [0.5, 0.6) is 0 Å². The van der Waals surface area contributed by atoms with E-state index in [1.165, 1.54) is 6.07 Å². The Labute approximate surface area is 113 Å². The van der Waals surface area contributed by atoms with E-state index in [0.29, 0.717) is 22.0 Å². The molecule has 0 aliphatic carbocycles. The number of benzene rings is 1. The maximum absolute atomic E-state index is 13.5. The van der Waals surface area contributed by atoms with Crippen molar-refractivity contribution in [1.82, 2.24) is 14.5 Å². The molecule has 96 valence electrons. The van der Waals surface area contributed by atoms with Gasteiger partial charge in [0.15, 0.2) is 0 Å². The summed E-state index contributed by atoms with van der Waals surface area (Å²) in [6.45, 7) is 2.00. The Kier molecular flexibility index (Phi) is 2.79. The molecule has 1 atom stereocenters. The van der Waals surface area contributed by atoms with Crippen LogP contribution in [0, 0.1) is 5.82 Å². The number of nitrogens with two attached hydrogens (primary N) is 1. The van der Waals surface area contributed by atoms with Gasteiger partial charge in [-0.25, -0.2) is 9.37 Å². The van der Waals surface area contributed by atoms with E-state index in [-0.39, 0.29) is 5.82 Å². The van der Waals surface area contributed by atoms with E-state index in [1.54, 1.807) is 6.07 Å². The lowest BCUT2D eigenvalue weighted by atomic mass is 10.2. The second kappa shape index (κ2) is 4.20. The predicted octanol–water partition coefficient (Wildman–Crippen LogP) is 2.40. The monoisotopic (exact) mass is 312 g/mol. The van der Waals surface area contributed by atoms with Gasteiger partial charge in [-0.15, -0.1) is 0 Å². The zero-order valence-corrected chi connectivity index (χ0v) is 11.6. The summed E-state index contributed by atoms with van der Waals surface area (Å²) in [5.41, 5.74) is 7.48. The number of aromatic nitrogens is 2. The van der Waals surface area contributed by atoms with Gasteiger partial charge in [0.25, 0.3) is 0 Å². The zero-order valence-electron chi connectivity index (χ0n) is 10.0. The fourth-order valence-electron chi connectivity index (χ4n) is 2.62. The number of likely N-dealkylation sites (tertiary alicyclic amines) is 1. The molecule has 1 aliphatic heterocycles. The van der Waals surface area contributed by atoms with Gasteiger partial charge in [0, 0.05) is 12.6 Å². The smallest absolute Gasteiger partial charge is 0.201 e. The first-order valence-corrected chi connectivity index (χ1v) is 6.66. The molecule has 1 aliphatic rings. The molecule has 1 saturated heterocycles. The molecule has 1 unspecified atom stereocenters. The second-order valence-corrected chi connectivity index (χ2v) is 5.65. The highest BCUT2D eigenvalue weighted by Crippen LogP contribution is 2.31. The average molecular weight is 313 g/mol. The van der Waals surface area contributed by atoms with Crippen molar-refractivity contribution in [2.45, 2.75) is 12.5 Å². The van der Waals surface area contributed by atoms with Gasteiger partial charge in [0.05, 0.1) is 21.5 Å². The van der Waals surface area contributed by atoms with Gasteiger partial charge < -0.3 is 15.2 Å². The fraction of sp³-hybridized carbons (Fsp3) is 0.417. The normalized spacial score (nSPS) is 20.9. The highest BCUT2D eigenvalue weighted by Gasteiger charge is 2.25. The minimum Gasteiger partial charge on any atom is -0.369 e. The minimum atomic E-state index is -0.310. The summed E-state index contributed by atoms with van der Waals surface area (Å²) < 4.78 is 15.9. The second-order valence-electron chi connectivity index (χ2n) is 4.80. The van der Waals surface area contributed by atoms with Crippen LogP contribution in [-0.2, 0) is 0 Å². The van der Waals surface area contributed by atoms with Crippen molar-refractivity contribution >= 4 is 32.9 Å². The Morgan fingerprint density at radius 1 is 1.50 bits per heavy atom. The number of nitrogens with zero attached hydrogens (tertiary/aromatic N) is 3. The van der Waals surface area contributed by atoms with Gasteiger partial charge in [-0.3, -0.25) is 0 Å². The van der Waals surface area contributed by atoms with Crippen LogP contribution in [0.25, 0.3) is 11.0 Å². The summed E-state index contributed by atoms with van der Waals surface area (Å²) in [4.78, 5) is 6.50. The third-order valence-corrected chi connectivity index (χ3v) is 4.10. The molecule has 18 heavy (non-hydrogen) atoms. The Balaban J connectivity index is 2.16. The molecular weight excluding hydrogens is 299 g/mol. The van der Waals surface area contributed by atoms with E-state index >= 15 is 0 Å². The molecule has 2 aromatic rings. The van der Waals surface area contributed by atoms with Crippen LogP contribution in [-0.4, -0.2) is 34.6 Å². The molecule has 2 N–H and O–H groups in total. The Hall–Kier alpha value is -1.14. The van der Waals surface area contributed by atoms with Gasteiger partial charge in [-0.05, 0) is 42.0 Å². The lowest BCUT2D eigenvalue weighted by molar-refractivity contribution is 0.396. The van der Waals surface area contributed by atoms with E-state index in [0.717, 1.165) is 25.0 Å². The Morgan fingerprint density at radius 3 is 2.94 bits per heavy atom. The highest BCUT2D eigenvalue weighted by molar-refractivity contribution is 9.10. The lowest BCUT2D eigenvalue weighted by Crippen LogP contribution is -2.17. The van der Waals surface area contributed by atoms with Crippen molar-refractivity contribution in [2.24, 2.45) is 0 Å². The summed E-state index contributed by atoms with van der Waals surface area (Å²) in [6.07, 6.45) is 1.04. The molecule has 0 radical (unpaired) electrons. The molecule has 0 bridgehead atoms. The number of halogens is 2. The van der Waals surface area contributed by atoms with Crippen LogP contribution in [0.1, 0.15) is 12.5 Å². The molecule has 1 aromatic heterocycles. The first-order chi connectivity index (χ1) is 8.56. The molecular formula is C12H14BrFN4. The topological polar surface area (TPSA) is 47.1 Å². The van der Waals surface area contributed by atoms with E-state index in [4.69, 9.17) is 5.73 Å². The van der Waals surface area contributed by atoms with Crippen molar-refractivity contribution in [1.29, 1.82) is 0 Å². The lowest BCUT2D eigenvalue weighted by Gasteiger charge is -2.15. The number of nitrogen functional groups attached to an aromatic ring is 1. The van der Waals surface area contributed by atoms with E-state index in [2.05, 4.69) is 32.9 Å². The summed E-state index contributed by atoms with van der Waals surface area (Å²) in [6, 6.07) is 3.49. The highest BCUT2D eigenvalue weighted by atomic mass is 79.9. The summed E-state index contributed by atoms with van der Waals surface area (Å²) >= 11 is 3.21. The summed E-state index contributed by atoms with van der Waals surface area (Å²) in [7, 11) is 2.09. The Morgan fingerprint density at radius 2 is 2.28 bits per heavy atom. The van der Waals surface area contributed by atoms with Crippen molar-refractivity contribution < 1.29 is 4.39 Å². The SMILES string of the molecule is CN1CCC(n2c(N)nc3cc(F)c(Br)cc32)C1. The molecule has 2 heterocycles. The average Bonchev–Trinajstić information content (AvgIpc) is 2.83. The fourth-order valence-corrected chi connectivity index (χ4v) is 2.95. The molecule has 6 heteroatoms. The first kappa shape index (κ1) is 11.9. The number of likely N-dealkylation sites (N-methyl/N-ethyl adjacent to an activating group) is 1. The van der Waals surface area contributed by atoms with Crippen LogP contribution in [0.3, 0.4) is 0 Å². The van der Waals surface area contributed by atoms with Crippen LogP contribution >= 0.6 is 15.9 Å². The Bertz CT molecular complexity index is 610. The van der Waals surface area contributed by atoms with Crippen LogP contribution in [0.4, 0.5) is 10.3 Å². The number of fused-ring (bicyclic) bond motifs is 1. The molecule has 1 aromatic carbocycles. The molecule has 1 fully saturated rings. The van der Waals surface area contributed by atoms with Gasteiger partial charge in [-0.1, -0.05) is 0 Å². The number of hydrogen-bond acceptors (Lipinski definition) is 3. The summed E-state index contributed by atoms with van der Waals surface area (Å²) in [5.74, 6) is 0.151. The number of imidazole rings is 1. The van der Waals surface area contributed by atoms with Crippen molar-refractivity contribution in [2.75, 3.05) is 25.9 Å². The van der Waals surface area contributed by atoms with Crippen molar-refractivity contribution in [3.05, 3.63) is 22.4 Å². The zero-order chi connectivity index (χ0) is 12.9. The summed E-state index contributed by atoms with van der Waals surface area (Å²) in [5, 5.41) is 0. The minimum absolute atomic E-state index is 0.310. The van der Waals surface area contributed by atoms with Crippen LogP contribution < -0.4 is 5.73 Å². The molecule has 0 spiro atoms. The first-order valence-electron chi connectivity index (χ1n) is 5.87. The molecule has 0 saturated carbocycles. The van der Waals surface area contributed by atoms with Crippen molar-refractivity contribution in [3.63, 3.8) is 0 Å². The third kappa shape index (κ3) is 1.80. The maximum Gasteiger partial charge on any atom is 0.201 e. The van der Waals surface area contributed by atoms with E-state index < -0.39 is 0 Å². The van der Waals surface area contributed by atoms with Crippen LogP contribution in [0.15, 0.2) is 16.6 Å². The van der Waals surface area contributed by atoms with E-state index in [9.17, 15) is 4.39 Å².